The van der Waals surface area contributed by atoms with Crippen LogP contribution in [0.1, 0.15) is 36.3 Å². The lowest BCUT2D eigenvalue weighted by Gasteiger charge is -2.20. The third-order valence-corrected chi connectivity index (χ3v) is 2.90. The Morgan fingerprint density at radius 2 is 2.53 bits per heavy atom. The van der Waals surface area contributed by atoms with Crippen molar-refractivity contribution in [1.29, 1.82) is 0 Å². The van der Waals surface area contributed by atoms with Gasteiger partial charge in [-0.25, -0.2) is 0 Å². The molecule has 0 spiro atoms. The second-order valence-corrected chi connectivity index (χ2v) is 3.79. The highest BCUT2D eigenvalue weighted by molar-refractivity contribution is 5.68. The highest BCUT2D eigenvalue weighted by atomic mass is 16.5. The molecule has 2 heterocycles. The molecule has 1 aliphatic heterocycles. The maximum Gasteiger partial charge on any atom is 0.235 e. The molecule has 1 atom stereocenters. The summed E-state index contributed by atoms with van der Waals surface area (Å²) in [5, 5.41) is 3.55. The predicted molar refractivity (Wildman–Crippen MR) is 53.7 cm³/mol. The molecule has 5 nitrogen and oxygen atoms in total. The second-order valence-electron chi connectivity index (χ2n) is 3.79. The molecule has 2 rings (SSSR count). The number of carbonyl (C=O) groups excluding carboxylic acids is 1. The summed E-state index contributed by atoms with van der Waals surface area (Å²) >= 11 is 0. The van der Waals surface area contributed by atoms with E-state index in [0.717, 1.165) is 19.5 Å². The van der Waals surface area contributed by atoms with Crippen LogP contribution in [0.2, 0.25) is 0 Å². The van der Waals surface area contributed by atoms with Gasteiger partial charge in [-0.3, -0.25) is 4.79 Å². The first-order chi connectivity index (χ1) is 7.33. The Bertz CT molecular complexity index is 337. The molecule has 1 fully saturated rings. The van der Waals surface area contributed by atoms with E-state index in [2.05, 4.69) is 22.0 Å². The molecule has 0 saturated carbocycles. The van der Waals surface area contributed by atoms with E-state index in [1.54, 1.807) is 0 Å². The van der Waals surface area contributed by atoms with Crippen molar-refractivity contribution in [1.82, 2.24) is 15.0 Å². The van der Waals surface area contributed by atoms with E-state index >= 15 is 0 Å². The topological polar surface area (TPSA) is 59.2 Å². The molecule has 1 unspecified atom stereocenters. The fourth-order valence-corrected chi connectivity index (χ4v) is 2.14. The molecule has 15 heavy (non-hydrogen) atoms. The van der Waals surface area contributed by atoms with Crippen LogP contribution in [-0.4, -0.2) is 40.5 Å². The van der Waals surface area contributed by atoms with Gasteiger partial charge in [0.1, 0.15) is 0 Å². The van der Waals surface area contributed by atoms with Crippen LogP contribution < -0.4 is 0 Å². The van der Waals surface area contributed by atoms with Gasteiger partial charge in [0.2, 0.25) is 11.7 Å². The summed E-state index contributed by atoms with van der Waals surface area (Å²) in [6.45, 7) is 4.36. The Kier molecular flexibility index (Phi) is 3.11. The van der Waals surface area contributed by atoms with E-state index < -0.39 is 0 Å². The highest BCUT2D eigenvalue weighted by Crippen LogP contribution is 2.19. The van der Waals surface area contributed by atoms with E-state index in [1.165, 1.54) is 12.8 Å². The predicted octanol–water partition coefficient (Wildman–Crippen LogP) is 0.909. The molecule has 0 aliphatic carbocycles. The molecule has 0 radical (unpaired) electrons. The van der Waals surface area contributed by atoms with Crippen LogP contribution in [0.5, 0.6) is 0 Å². The molecule has 82 valence electrons. The van der Waals surface area contributed by atoms with Crippen LogP contribution in [0, 0.1) is 0 Å². The SMILES string of the molecule is CCN1CCCC1Cc1nc(C=O)no1. The lowest BCUT2D eigenvalue weighted by atomic mass is 10.1. The molecule has 5 heteroatoms. The summed E-state index contributed by atoms with van der Waals surface area (Å²) in [4.78, 5) is 16.8. The molecule has 1 aliphatic rings. The van der Waals surface area contributed by atoms with Gasteiger partial charge >= 0.3 is 0 Å². The summed E-state index contributed by atoms with van der Waals surface area (Å²) in [6, 6.07) is 0.495. The summed E-state index contributed by atoms with van der Waals surface area (Å²) in [7, 11) is 0. The first-order valence-corrected chi connectivity index (χ1v) is 5.35. The Labute approximate surface area is 88.5 Å². The quantitative estimate of drug-likeness (QED) is 0.690. The van der Waals surface area contributed by atoms with Gasteiger partial charge < -0.3 is 9.42 Å². The van der Waals surface area contributed by atoms with Gasteiger partial charge in [0.15, 0.2) is 6.29 Å². The maximum absolute atomic E-state index is 10.4. The van der Waals surface area contributed by atoms with E-state index in [9.17, 15) is 4.79 Å². The van der Waals surface area contributed by atoms with Gasteiger partial charge in [-0.2, -0.15) is 4.98 Å². The summed E-state index contributed by atoms with van der Waals surface area (Å²) < 4.78 is 4.99. The minimum absolute atomic E-state index is 0.144. The van der Waals surface area contributed by atoms with Crippen molar-refractivity contribution < 1.29 is 9.32 Å². The van der Waals surface area contributed by atoms with Crippen LogP contribution >= 0.6 is 0 Å². The Morgan fingerprint density at radius 3 is 3.20 bits per heavy atom. The van der Waals surface area contributed by atoms with Crippen molar-refractivity contribution >= 4 is 6.29 Å². The van der Waals surface area contributed by atoms with Crippen LogP contribution in [0.4, 0.5) is 0 Å². The Balaban J connectivity index is 1.98. The highest BCUT2D eigenvalue weighted by Gasteiger charge is 2.25. The van der Waals surface area contributed by atoms with Gasteiger partial charge in [0.25, 0.3) is 0 Å². The standard InChI is InChI=1S/C10H15N3O2/c1-2-13-5-3-4-8(13)6-10-11-9(7-14)12-15-10/h7-8H,2-6H2,1H3. The number of likely N-dealkylation sites (tertiary alicyclic amines) is 1. The zero-order valence-electron chi connectivity index (χ0n) is 8.85. The van der Waals surface area contributed by atoms with Crippen LogP contribution in [-0.2, 0) is 6.42 Å². The van der Waals surface area contributed by atoms with Gasteiger partial charge in [-0.05, 0) is 25.9 Å². The number of aldehydes is 1. The summed E-state index contributed by atoms with van der Waals surface area (Å²) in [5.41, 5.74) is 0. The molecule has 0 N–H and O–H groups in total. The molecule has 1 aromatic heterocycles. The first-order valence-electron chi connectivity index (χ1n) is 5.35. The van der Waals surface area contributed by atoms with Gasteiger partial charge in [0, 0.05) is 12.5 Å². The van der Waals surface area contributed by atoms with Gasteiger partial charge in [-0.1, -0.05) is 12.1 Å². The fourth-order valence-electron chi connectivity index (χ4n) is 2.14. The van der Waals surface area contributed by atoms with Crippen molar-refractivity contribution in [2.75, 3.05) is 13.1 Å². The van der Waals surface area contributed by atoms with Crippen LogP contribution in [0.25, 0.3) is 0 Å². The number of hydrogen-bond acceptors (Lipinski definition) is 5. The van der Waals surface area contributed by atoms with Gasteiger partial charge in [-0.15, -0.1) is 0 Å². The number of carbonyl (C=O) groups is 1. The molecular weight excluding hydrogens is 194 g/mol. The average molecular weight is 209 g/mol. The van der Waals surface area contributed by atoms with E-state index in [0.29, 0.717) is 18.2 Å². The molecular formula is C10H15N3O2. The fraction of sp³-hybridized carbons (Fsp3) is 0.700. The lowest BCUT2D eigenvalue weighted by molar-refractivity contribution is 0.111. The number of rotatable bonds is 4. The Morgan fingerprint density at radius 1 is 1.67 bits per heavy atom. The maximum atomic E-state index is 10.4. The number of aromatic nitrogens is 2. The molecule has 0 aromatic carbocycles. The van der Waals surface area contributed by atoms with Crippen molar-refractivity contribution in [2.45, 2.75) is 32.2 Å². The summed E-state index contributed by atoms with van der Waals surface area (Å²) in [5.74, 6) is 0.716. The monoisotopic (exact) mass is 209 g/mol. The normalized spacial score (nSPS) is 22.1. The number of hydrogen-bond donors (Lipinski definition) is 0. The largest absolute Gasteiger partial charge is 0.339 e. The van der Waals surface area contributed by atoms with E-state index in [-0.39, 0.29) is 5.82 Å². The van der Waals surface area contributed by atoms with Crippen LogP contribution in [0.3, 0.4) is 0 Å². The smallest absolute Gasteiger partial charge is 0.235 e. The number of likely N-dealkylation sites (N-methyl/N-ethyl adjacent to an activating group) is 1. The summed E-state index contributed by atoms with van der Waals surface area (Å²) in [6.07, 6.45) is 3.77. The van der Waals surface area contributed by atoms with Crippen molar-refractivity contribution in [3.63, 3.8) is 0 Å². The molecule has 1 saturated heterocycles. The second kappa shape index (κ2) is 4.53. The van der Waals surface area contributed by atoms with Crippen molar-refractivity contribution in [3.05, 3.63) is 11.7 Å². The Hall–Kier alpha value is -1.23. The molecule has 0 bridgehead atoms. The zero-order valence-corrected chi connectivity index (χ0v) is 8.85. The lowest BCUT2D eigenvalue weighted by Crippen LogP contribution is -2.30. The van der Waals surface area contributed by atoms with Crippen LogP contribution in [0.15, 0.2) is 4.52 Å². The van der Waals surface area contributed by atoms with E-state index in [4.69, 9.17) is 4.52 Å². The van der Waals surface area contributed by atoms with Gasteiger partial charge in [0.05, 0.1) is 0 Å². The van der Waals surface area contributed by atoms with Crippen molar-refractivity contribution in [3.8, 4) is 0 Å². The average Bonchev–Trinajstić information content (AvgIpc) is 2.87. The minimum Gasteiger partial charge on any atom is -0.339 e. The zero-order chi connectivity index (χ0) is 10.7. The van der Waals surface area contributed by atoms with E-state index in [1.807, 2.05) is 0 Å². The third kappa shape index (κ3) is 2.23. The molecule has 1 aromatic rings. The first kappa shape index (κ1) is 10.3. The van der Waals surface area contributed by atoms with Crippen molar-refractivity contribution in [2.24, 2.45) is 0 Å². The third-order valence-electron chi connectivity index (χ3n) is 2.90. The molecule has 0 amide bonds. The number of nitrogens with zero attached hydrogens (tertiary/aromatic N) is 3. The minimum atomic E-state index is 0.144.